The Kier molecular flexibility index (Phi) is 3.46. The molecule has 0 aliphatic heterocycles. The quantitative estimate of drug-likeness (QED) is 0.757. The van der Waals surface area contributed by atoms with E-state index in [9.17, 15) is 4.79 Å². The smallest absolute Gasteiger partial charge is 0.251 e. The topological polar surface area (TPSA) is 38.3 Å². The minimum absolute atomic E-state index is 0.0713. The van der Waals surface area contributed by atoms with E-state index < -0.39 is 0 Å². The van der Waals surface area contributed by atoms with E-state index in [2.05, 4.69) is 5.32 Å². The molecule has 1 N–H and O–H groups in total. The van der Waals surface area contributed by atoms with Gasteiger partial charge >= 0.3 is 0 Å². The lowest BCUT2D eigenvalue weighted by atomic mass is 10.1. The monoisotopic (exact) mass is 179 g/mol. The number of carbonyl (C=O) groups is 1. The molecule has 0 saturated carbocycles. The molecule has 0 unspecified atom stereocenters. The van der Waals surface area contributed by atoms with Crippen LogP contribution in [0.2, 0.25) is 0 Å². The fourth-order valence-electron chi connectivity index (χ4n) is 1.11. The average Bonchev–Trinajstić information content (AvgIpc) is 2.18. The first kappa shape index (κ1) is 9.74. The highest BCUT2D eigenvalue weighted by molar-refractivity contribution is 5.94. The first-order valence-electron chi connectivity index (χ1n) is 4.08. The number of carbonyl (C=O) groups excluding carboxylic acids is 1. The predicted molar refractivity (Wildman–Crippen MR) is 50.5 cm³/mol. The van der Waals surface area contributed by atoms with Crippen LogP contribution in [0.5, 0.6) is 0 Å². The standard InChI is InChI=1S/C10H13NO2/c1-11-10(12)9-5-3-4-8(6-9)7-13-2/h3-6H,7H2,1-2H3,(H,11,12). The molecule has 0 spiro atoms. The number of rotatable bonds is 3. The van der Waals surface area contributed by atoms with E-state index in [1.807, 2.05) is 18.2 Å². The molecule has 0 aliphatic carbocycles. The van der Waals surface area contributed by atoms with E-state index in [0.717, 1.165) is 5.56 Å². The number of ether oxygens (including phenoxy) is 1. The van der Waals surface area contributed by atoms with Crippen molar-refractivity contribution in [1.82, 2.24) is 5.32 Å². The van der Waals surface area contributed by atoms with Crippen LogP contribution in [0.4, 0.5) is 0 Å². The van der Waals surface area contributed by atoms with Crippen molar-refractivity contribution < 1.29 is 9.53 Å². The number of hydrogen-bond acceptors (Lipinski definition) is 2. The van der Waals surface area contributed by atoms with Crippen molar-refractivity contribution in [3.05, 3.63) is 35.4 Å². The molecule has 3 nitrogen and oxygen atoms in total. The van der Waals surface area contributed by atoms with E-state index in [4.69, 9.17) is 4.74 Å². The number of methoxy groups -OCH3 is 1. The molecule has 13 heavy (non-hydrogen) atoms. The van der Waals surface area contributed by atoms with Gasteiger partial charge in [0.15, 0.2) is 0 Å². The summed E-state index contributed by atoms with van der Waals surface area (Å²) in [7, 11) is 3.25. The van der Waals surface area contributed by atoms with Crippen LogP contribution >= 0.6 is 0 Å². The maximum Gasteiger partial charge on any atom is 0.251 e. The maximum atomic E-state index is 11.2. The molecule has 0 radical (unpaired) electrons. The Bertz CT molecular complexity index is 297. The third-order valence-electron chi connectivity index (χ3n) is 1.73. The van der Waals surface area contributed by atoms with Crippen LogP contribution in [0.3, 0.4) is 0 Å². The highest BCUT2D eigenvalue weighted by Gasteiger charge is 2.02. The Morgan fingerprint density at radius 2 is 2.31 bits per heavy atom. The number of nitrogens with one attached hydrogen (secondary N) is 1. The predicted octanol–water partition coefficient (Wildman–Crippen LogP) is 1.19. The van der Waals surface area contributed by atoms with Gasteiger partial charge in [-0.15, -0.1) is 0 Å². The van der Waals surface area contributed by atoms with Crippen molar-refractivity contribution in [2.45, 2.75) is 6.61 Å². The zero-order chi connectivity index (χ0) is 9.68. The molecule has 0 atom stereocenters. The van der Waals surface area contributed by atoms with Gasteiger partial charge in [0.2, 0.25) is 0 Å². The summed E-state index contributed by atoms with van der Waals surface area (Å²) in [6, 6.07) is 7.37. The van der Waals surface area contributed by atoms with Crippen molar-refractivity contribution in [2.75, 3.05) is 14.2 Å². The molecule has 70 valence electrons. The van der Waals surface area contributed by atoms with Crippen LogP contribution in [0, 0.1) is 0 Å². The molecule has 0 fully saturated rings. The lowest BCUT2D eigenvalue weighted by molar-refractivity contribution is 0.0962. The van der Waals surface area contributed by atoms with Crippen LogP contribution in [0.25, 0.3) is 0 Å². The lowest BCUT2D eigenvalue weighted by Gasteiger charge is -2.02. The van der Waals surface area contributed by atoms with E-state index >= 15 is 0 Å². The third-order valence-corrected chi connectivity index (χ3v) is 1.73. The van der Waals surface area contributed by atoms with Crippen LogP contribution < -0.4 is 5.32 Å². The van der Waals surface area contributed by atoms with Gasteiger partial charge in [0.1, 0.15) is 0 Å². The molecule has 1 amide bonds. The van der Waals surface area contributed by atoms with Crippen LogP contribution in [-0.2, 0) is 11.3 Å². The average molecular weight is 179 g/mol. The van der Waals surface area contributed by atoms with E-state index in [-0.39, 0.29) is 5.91 Å². The summed E-state index contributed by atoms with van der Waals surface area (Å²) in [5.41, 5.74) is 1.67. The van der Waals surface area contributed by atoms with E-state index in [1.165, 1.54) is 0 Å². The van der Waals surface area contributed by atoms with Gasteiger partial charge in [0, 0.05) is 19.7 Å². The first-order chi connectivity index (χ1) is 6.27. The van der Waals surface area contributed by atoms with E-state index in [1.54, 1.807) is 20.2 Å². The number of benzene rings is 1. The fraction of sp³-hybridized carbons (Fsp3) is 0.300. The van der Waals surface area contributed by atoms with Crippen LogP contribution in [0.15, 0.2) is 24.3 Å². The summed E-state index contributed by atoms with van der Waals surface area (Å²) in [6.07, 6.45) is 0. The lowest BCUT2D eigenvalue weighted by Crippen LogP contribution is -2.17. The second kappa shape index (κ2) is 4.62. The highest BCUT2D eigenvalue weighted by atomic mass is 16.5. The van der Waals surface area contributed by atoms with Crippen molar-refractivity contribution in [1.29, 1.82) is 0 Å². The summed E-state index contributed by atoms with van der Waals surface area (Å²) in [5.74, 6) is -0.0713. The molecule has 0 saturated heterocycles. The zero-order valence-corrected chi connectivity index (χ0v) is 7.83. The zero-order valence-electron chi connectivity index (χ0n) is 7.83. The Hall–Kier alpha value is -1.35. The van der Waals surface area contributed by atoms with Gasteiger partial charge in [0.25, 0.3) is 5.91 Å². The molecule has 1 rings (SSSR count). The van der Waals surface area contributed by atoms with Crippen molar-refractivity contribution in [3.8, 4) is 0 Å². The van der Waals surface area contributed by atoms with Crippen LogP contribution in [-0.4, -0.2) is 20.1 Å². The summed E-state index contributed by atoms with van der Waals surface area (Å²) < 4.78 is 4.96. The Labute approximate surface area is 77.7 Å². The van der Waals surface area contributed by atoms with Crippen molar-refractivity contribution in [3.63, 3.8) is 0 Å². The van der Waals surface area contributed by atoms with Crippen LogP contribution in [0.1, 0.15) is 15.9 Å². The Balaban J connectivity index is 2.85. The largest absolute Gasteiger partial charge is 0.380 e. The molecule has 1 aromatic rings. The fourth-order valence-corrected chi connectivity index (χ4v) is 1.11. The first-order valence-corrected chi connectivity index (χ1v) is 4.08. The van der Waals surface area contributed by atoms with Gasteiger partial charge in [0.05, 0.1) is 6.61 Å². The number of hydrogen-bond donors (Lipinski definition) is 1. The third kappa shape index (κ3) is 2.56. The second-order valence-corrected chi connectivity index (χ2v) is 2.71. The number of amides is 1. The van der Waals surface area contributed by atoms with Crippen molar-refractivity contribution in [2.24, 2.45) is 0 Å². The van der Waals surface area contributed by atoms with E-state index in [0.29, 0.717) is 12.2 Å². The van der Waals surface area contributed by atoms with Gasteiger partial charge in [-0.25, -0.2) is 0 Å². The minimum atomic E-state index is -0.0713. The molecule has 3 heteroatoms. The molecule has 0 heterocycles. The molecule has 1 aromatic carbocycles. The van der Waals surface area contributed by atoms with Crippen molar-refractivity contribution >= 4 is 5.91 Å². The van der Waals surface area contributed by atoms with Gasteiger partial charge in [-0.2, -0.15) is 0 Å². The van der Waals surface area contributed by atoms with Gasteiger partial charge in [-0.05, 0) is 17.7 Å². The molecule has 0 aromatic heterocycles. The maximum absolute atomic E-state index is 11.2. The Morgan fingerprint density at radius 3 is 2.92 bits per heavy atom. The summed E-state index contributed by atoms with van der Waals surface area (Å²) in [6.45, 7) is 0.533. The normalized spacial score (nSPS) is 9.69. The summed E-state index contributed by atoms with van der Waals surface area (Å²) in [4.78, 5) is 11.2. The van der Waals surface area contributed by atoms with Gasteiger partial charge in [-0.1, -0.05) is 12.1 Å². The molecular weight excluding hydrogens is 166 g/mol. The van der Waals surface area contributed by atoms with Gasteiger partial charge in [-0.3, -0.25) is 4.79 Å². The minimum Gasteiger partial charge on any atom is -0.380 e. The van der Waals surface area contributed by atoms with Gasteiger partial charge < -0.3 is 10.1 Å². The second-order valence-electron chi connectivity index (χ2n) is 2.71. The molecule has 0 aliphatic rings. The Morgan fingerprint density at radius 1 is 1.54 bits per heavy atom. The highest BCUT2D eigenvalue weighted by Crippen LogP contribution is 2.05. The SMILES string of the molecule is CNC(=O)c1cccc(COC)c1. The molecular formula is C10H13NO2. The summed E-state index contributed by atoms with van der Waals surface area (Å²) in [5, 5.41) is 2.57. The molecule has 0 bridgehead atoms. The summed E-state index contributed by atoms with van der Waals surface area (Å²) >= 11 is 0.